The van der Waals surface area contributed by atoms with Crippen LogP contribution in [0.5, 0.6) is 0 Å². The van der Waals surface area contributed by atoms with Gasteiger partial charge in [0.2, 0.25) is 5.91 Å². The Labute approximate surface area is 239 Å². The van der Waals surface area contributed by atoms with E-state index >= 15 is 4.39 Å². The van der Waals surface area contributed by atoms with Gasteiger partial charge in [-0.15, -0.1) is 0 Å². The van der Waals surface area contributed by atoms with Crippen molar-refractivity contribution in [2.24, 2.45) is 23.7 Å². The van der Waals surface area contributed by atoms with Crippen LogP contribution in [0.2, 0.25) is 0 Å². The molecule has 214 valence electrons. The van der Waals surface area contributed by atoms with Gasteiger partial charge in [0, 0.05) is 31.6 Å². The molecule has 8 nitrogen and oxygen atoms in total. The van der Waals surface area contributed by atoms with E-state index < -0.39 is 29.6 Å². The van der Waals surface area contributed by atoms with Crippen molar-refractivity contribution in [1.29, 1.82) is 5.26 Å². The summed E-state index contributed by atoms with van der Waals surface area (Å²) in [6, 6.07) is 10.7. The minimum absolute atomic E-state index is 0.00640. The number of ether oxygens (including phenoxy) is 1. The van der Waals surface area contributed by atoms with E-state index in [1.165, 1.54) is 6.07 Å². The Morgan fingerprint density at radius 2 is 1.88 bits per heavy atom. The maximum Gasteiger partial charge on any atom is 0.411 e. The lowest BCUT2D eigenvalue weighted by molar-refractivity contribution is -0.128. The number of hydrogen-bond acceptors (Lipinski definition) is 5. The lowest BCUT2D eigenvalue weighted by Crippen LogP contribution is -2.56. The van der Waals surface area contributed by atoms with E-state index in [2.05, 4.69) is 18.3 Å². The van der Waals surface area contributed by atoms with E-state index in [1.807, 2.05) is 6.07 Å². The monoisotopic (exact) mass is 558 g/mol. The average Bonchev–Trinajstić information content (AvgIpc) is 3.17. The van der Waals surface area contributed by atoms with Crippen molar-refractivity contribution in [3.8, 4) is 17.2 Å². The van der Waals surface area contributed by atoms with Crippen LogP contribution in [0, 0.1) is 40.8 Å². The Kier molecular flexibility index (Phi) is 6.36. The summed E-state index contributed by atoms with van der Waals surface area (Å²) in [7, 11) is 1.75. The highest BCUT2D eigenvalue weighted by Crippen LogP contribution is 2.67. The molecule has 0 spiro atoms. The van der Waals surface area contributed by atoms with Crippen LogP contribution in [-0.2, 0) is 22.5 Å². The number of nitrogens with one attached hydrogen (secondary N) is 1. The molecule has 2 bridgehead atoms. The molecule has 7 atom stereocenters. The zero-order chi connectivity index (χ0) is 29.4. The van der Waals surface area contributed by atoms with Crippen LogP contribution in [0.15, 0.2) is 36.4 Å². The molecule has 9 heteroatoms. The molecule has 2 aromatic rings. The molecule has 6 rings (SSSR count). The number of fused-ring (bicyclic) bond motifs is 6. The van der Waals surface area contributed by atoms with Gasteiger partial charge in [0.15, 0.2) is 0 Å². The van der Waals surface area contributed by atoms with Crippen molar-refractivity contribution in [1.82, 2.24) is 15.1 Å². The predicted molar refractivity (Wildman–Crippen MR) is 149 cm³/mol. The number of hydrogen-bond donors (Lipinski definition) is 1. The molecule has 4 aliphatic rings. The summed E-state index contributed by atoms with van der Waals surface area (Å²) in [5.74, 6) is 0.389. The molecular formula is C32H35FN4O4. The fourth-order valence-electron chi connectivity index (χ4n) is 7.48. The van der Waals surface area contributed by atoms with Crippen molar-refractivity contribution < 1.29 is 23.5 Å². The number of nitrogens with zero attached hydrogens (tertiary/aromatic N) is 3. The summed E-state index contributed by atoms with van der Waals surface area (Å²) in [4.78, 5) is 42.2. The third kappa shape index (κ3) is 4.63. The Bertz CT molecular complexity index is 1490. The van der Waals surface area contributed by atoms with Crippen molar-refractivity contribution in [2.45, 2.75) is 70.8 Å². The van der Waals surface area contributed by atoms with Gasteiger partial charge in [-0.3, -0.25) is 14.5 Å². The van der Waals surface area contributed by atoms with Gasteiger partial charge in [0.05, 0.1) is 6.07 Å². The van der Waals surface area contributed by atoms with Crippen molar-refractivity contribution >= 4 is 17.9 Å². The van der Waals surface area contributed by atoms with E-state index in [1.54, 1.807) is 61.9 Å². The van der Waals surface area contributed by atoms with E-state index in [4.69, 9.17) is 4.74 Å². The maximum absolute atomic E-state index is 15.3. The van der Waals surface area contributed by atoms with Gasteiger partial charge in [0.1, 0.15) is 23.5 Å². The van der Waals surface area contributed by atoms with Crippen LogP contribution in [0.4, 0.5) is 9.18 Å². The number of nitriles is 1. The molecular weight excluding hydrogens is 523 g/mol. The Hall–Kier alpha value is -3.93. The fourth-order valence-corrected chi connectivity index (χ4v) is 7.48. The van der Waals surface area contributed by atoms with E-state index in [0.29, 0.717) is 41.0 Å². The topological polar surface area (TPSA) is 103 Å². The van der Waals surface area contributed by atoms with E-state index in [9.17, 15) is 19.6 Å². The molecule has 3 amide bonds. The molecule has 1 saturated heterocycles. The third-order valence-electron chi connectivity index (χ3n) is 9.28. The van der Waals surface area contributed by atoms with E-state index in [-0.39, 0.29) is 30.2 Å². The molecule has 2 heterocycles. The number of halogens is 1. The maximum atomic E-state index is 15.3. The molecule has 2 aliphatic heterocycles. The van der Waals surface area contributed by atoms with Crippen LogP contribution >= 0.6 is 0 Å². The number of amides is 3. The molecule has 0 radical (unpaired) electrons. The summed E-state index contributed by atoms with van der Waals surface area (Å²) < 4.78 is 20.9. The highest BCUT2D eigenvalue weighted by molar-refractivity contribution is 5.98. The van der Waals surface area contributed by atoms with Crippen LogP contribution in [0.25, 0.3) is 11.1 Å². The Balaban J connectivity index is 1.16. The second kappa shape index (κ2) is 9.57. The second-order valence-corrected chi connectivity index (χ2v) is 13.0. The van der Waals surface area contributed by atoms with Crippen LogP contribution in [0.1, 0.15) is 55.6 Å². The minimum atomic E-state index is -0.962. The van der Waals surface area contributed by atoms with Crippen LogP contribution < -0.4 is 5.32 Å². The molecule has 1 N–H and O–H groups in total. The molecule has 2 aliphatic carbocycles. The fraction of sp³-hybridized carbons (Fsp3) is 0.500. The third-order valence-corrected chi connectivity index (χ3v) is 9.28. The average molecular weight is 559 g/mol. The smallest absolute Gasteiger partial charge is 0.411 e. The van der Waals surface area contributed by atoms with Gasteiger partial charge in [-0.1, -0.05) is 25.1 Å². The molecule has 0 aromatic heterocycles. The summed E-state index contributed by atoms with van der Waals surface area (Å²) >= 11 is 0. The molecule has 41 heavy (non-hydrogen) atoms. The zero-order valence-electron chi connectivity index (χ0n) is 24.0. The Morgan fingerprint density at radius 1 is 1.17 bits per heavy atom. The van der Waals surface area contributed by atoms with Gasteiger partial charge < -0.3 is 15.0 Å². The summed E-state index contributed by atoms with van der Waals surface area (Å²) in [6.45, 7) is 8.07. The van der Waals surface area contributed by atoms with Crippen molar-refractivity contribution in [3.05, 3.63) is 58.9 Å². The minimum Gasteiger partial charge on any atom is -0.444 e. The normalized spacial score (nSPS) is 28.2. The molecule has 2 saturated carbocycles. The number of piperidine rings is 1. The first-order valence-electron chi connectivity index (χ1n) is 14.3. The van der Waals surface area contributed by atoms with Crippen molar-refractivity contribution in [3.63, 3.8) is 0 Å². The number of rotatable bonds is 5. The summed E-state index contributed by atoms with van der Waals surface area (Å²) in [5, 5.41) is 12.7. The number of carbonyl (C=O) groups excluding carboxylic acids is 3. The van der Waals surface area contributed by atoms with Gasteiger partial charge in [-0.05, 0) is 91.3 Å². The highest BCUT2D eigenvalue weighted by Gasteiger charge is 2.71. The largest absolute Gasteiger partial charge is 0.444 e. The van der Waals surface area contributed by atoms with Gasteiger partial charge in [0.25, 0.3) is 5.91 Å². The number of benzene rings is 2. The molecule has 2 unspecified atom stereocenters. The molecule has 3 fully saturated rings. The highest BCUT2D eigenvalue weighted by atomic mass is 19.1. The van der Waals surface area contributed by atoms with Gasteiger partial charge in [-0.2, -0.15) is 5.26 Å². The van der Waals surface area contributed by atoms with Crippen LogP contribution in [0.3, 0.4) is 0 Å². The lowest BCUT2D eigenvalue weighted by atomic mass is 9.94. The van der Waals surface area contributed by atoms with Gasteiger partial charge in [-0.25, -0.2) is 9.18 Å². The SMILES string of the molecule is C[C@H]1C2C1[C@@H]1C[C@H]2[C@@H](C(=O)N[C@H](C#N)Cc2ccc(-c3ccc4c(c3)CN(C)C4=O)cc2F)N1C(=O)OC(C)(C)C. The summed E-state index contributed by atoms with van der Waals surface area (Å²) in [5.41, 5.74) is 2.64. The van der Waals surface area contributed by atoms with Crippen LogP contribution in [-0.4, -0.2) is 58.5 Å². The van der Waals surface area contributed by atoms with E-state index in [0.717, 1.165) is 17.5 Å². The standard InChI is InChI=1S/C32H35FN4O4/c1-16-26-23-13-25(27(16)26)37(31(40)41-32(2,3)4)28(23)29(38)35-21(14-34)11-19-7-6-18(12-24(19)33)17-8-9-22-20(10-17)15-36(5)30(22)39/h6-10,12,16,21,23,25-28H,11,13,15H2,1-5H3,(H,35,38)/t16-,21-,23+,25-,26?,27?,28-/m0/s1. The second-order valence-electron chi connectivity index (χ2n) is 13.0. The van der Waals surface area contributed by atoms with Gasteiger partial charge >= 0.3 is 6.09 Å². The first-order valence-corrected chi connectivity index (χ1v) is 14.3. The number of likely N-dealkylation sites (tertiary alicyclic amines) is 1. The Morgan fingerprint density at radius 3 is 2.56 bits per heavy atom. The first kappa shape index (κ1) is 27.3. The van der Waals surface area contributed by atoms with Crippen molar-refractivity contribution in [2.75, 3.05) is 7.05 Å². The quantitative estimate of drug-likeness (QED) is 0.582. The number of carbonyl (C=O) groups is 3. The first-order chi connectivity index (χ1) is 19.4. The lowest BCUT2D eigenvalue weighted by Gasteiger charge is -2.35. The predicted octanol–water partition coefficient (Wildman–Crippen LogP) is 4.52. The summed E-state index contributed by atoms with van der Waals surface area (Å²) in [6.07, 6.45) is 0.255. The molecule has 2 aromatic carbocycles. The zero-order valence-corrected chi connectivity index (χ0v) is 24.0.